The van der Waals surface area contributed by atoms with Crippen LogP contribution in [0.15, 0.2) is 0 Å². The number of ether oxygens (including phenoxy) is 2. The lowest BCUT2D eigenvalue weighted by Gasteiger charge is -2.66. The van der Waals surface area contributed by atoms with Crippen molar-refractivity contribution in [3.05, 3.63) is 0 Å². The summed E-state index contributed by atoms with van der Waals surface area (Å²) in [6, 6.07) is 2.15. The monoisotopic (exact) mass is 305 g/mol. The van der Waals surface area contributed by atoms with Gasteiger partial charge >= 0.3 is 11.9 Å². The predicted octanol–water partition coefficient (Wildman–Crippen LogP) is 2.45. The van der Waals surface area contributed by atoms with Crippen molar-refractivity contribution in [1.29, 1.82) is 5.26 Å². The van der Waals surface area contributed by atoms with Gasteiger partial charge in [0, 0.05) is 11.3 Å². The van der Waals surface area contributed by atoms with Crippen molar-refractivity contribution in [2.24, 2.45) is 28.1 Å². The van der Waals surface area contributed by atoms with Gasteiger partial charge in [0.15, 0.2) is 5.41 Å². The third kappa shape index (κ3) is 1.53. The molecule has 0 bridgehead atoms. The molecule has 3 fully saturated rings. The molecule has 0 aromatic carbocycles. The predicted molar refractivity (Wildman–Crippen MR) is 77.3 cm³/mol. The van der Waals surface area contributed by atoms with Crippen LogP contribution in [0, 0.1) is 39.4 Å². The zero-order valence-corrected chi connectivity index (χ0v) is 13.8. The number of nitrogens with zero attached hydrogens (tertiary/aromatic N) is 1. The van der Waals surface area contributed by atoms with E-state index >= 15 is 0 Å². The first-order valence-corrected chi connectivity index (χ1v) is 7.97. The highest BCUT2D eigenvalue weighted by atomic mass is 16.6. The Kier molecular flexibility index (Phi) is 2.96. The number of hydrogen-bond donors (Lipinski definition) is 0. The summed E-state index contributed by atoms with van der Waals surface area (Å²) in [5.41, 5.74) is -1.42. The standard InChI is InChI=1S/C17H23NO4/c1-6-16-7-17(8-18)11(16)10(21-14(17)20)12(16)22-13(19)9(2)15(3,4)5/h9-12H,6-7H2,1-5H3. The minimum Gasteiger partial charge on any atom is -0.458 e. The fraction of sp³-hybridized carbons (Fsp3) is 0.824. The van der Waals surface area contributed by atoms with Crippen LogP contribution in [0.2, 0.25) is 0 Å². The number of hydrogen-bond acceptors (Lipinski definition) is 5. The highest BCUT2D eigenvalue weighted by molar-refractivity contribution is 5.87. The van der Waals surface area contributed by atoms with E-state index in [1.165, 1.54) is 0 Å². The van der Waals surface area contributed by atoms with Gasteiger partial charge < -0.3 is 9.47 Å². The second-order valence-corrected chi connectivity index (χ2v) is 8.14. The molecule has 0 amide bonds. The Bertz CT molecular complexity index is 586. The van der Waals surface area contributed by atoms with Gasteiger partial charge in [-0.15, -0.1) is 0 Å². The third-order valence-electron chi connectivity index (χ3n) is 6.31. The van der Waals surface area contributed by atoms with Crippen molar-refractivity contribution >= 4 is 11.9 Å². The van der Waals surface area contributed by atoms with Gasteiger partial charge in [-0.1, -0.05) is 34.6 Å². The number of carbonyl (C=O) groups is 2. The topological polar surface area (TPSA) is 76.4 Å². The van der Waals surface area contributed by atoms with E-state index in [0.29, 0.717) is 6.42 Å². The van der Waals surface area contributed by atoms with Gasteiger partial charge in [-0.2, -0.15) is 5.26 Å². The van der Waals surface area contributed by atoms with Crippen LogP contribution in [0.25, 0.3) is 0 Å². The first-order chi connectivity index (χ1) is 10.1. The van der Waals surface area contributed by atoms with Gasteiger partial charge in [0.1, 0.15) is 12.2 Å². The summed E-state index contributed by atoms with van der Waals surface area (Å²) in [5, 5.41) is 9.37. The molecule has 3 rings (SSSR count). The molecule has 0 aromatic heterocycles. The van der Waals surface area contributed by atoms with E-state index < -0.39 is 23.6 Å². The molecule has 5 heteroatoms. The summed E-state index contributed by atoms with van der Waals surface area (Å²) in [4.78, 5) is 24.4. The molecular weight excluding hydrogens is 282 g/mol. The molecule has 1 aliphatic heterocycles. The summed E-state index contributed by atoms with van der Waals surface area (Å²) in [6.45, 7) is 9.87. The van der Waals surface area contributed by atoms with E-state index in [4.69, 9.17) is 9.47 Å². The van der Waals surface area contributed by atoms with Crippen LogP contribution in [-0.4, -0.2) is 24.1 Å². The SMILES string of the molecule is CCC12CC3(C#N)C(=O)OC(C1OC(=O)C(C)C(C)(C)C)C32. The molecule has 1 heterocycles. The molecule has 0 N–H and O–H groups in total. The van der Waals surface area contributed by atoms with E-state index in [0.717, 1.165) is 6.42 Å². The van der Waals surface area contributed by atoms with Gasteiger partial charge in [0.05, 0.1) is 12.0 Å². The lowest BCUT2D eigenvalue weighted by Crippen LogP contribution is -2.75. The quantitative estimate of drug-likeness (QED) is 0.749. The van der Waals surface area contributed by atoms with Gasteiger partial charge in [0.2, 0.25) is 0 Å². The summed E-state index contributed by atoms with van der Waals surface area (Å²) >= 11 is 0. The van der Waals surface area contributed by atoms with Crippen LogP contribution in [0.5, 0.6) is 0 Å². The second-order valence-electron chi connectivity index (χ2n) is 8.14. The Labute approximate surface area is 131 Å². The van der Waals surface area contributed by atoms with E-state index in [9.17, 15) is 14.9 Å². The number of esters is 2. The van der Waals surface area contributed by atoms with Crippen molar-refractivity contribution in [3.8, 4) is 6.07 Å². The minimum absolute atomic E-state index is 0.106. The van der Waals surface area contributed by atoms with Crippen molar-refractivity contribution in [1.82, 2.24) is 0 Å². The first-order valence-electron chi connectivity index (χ1n) is 7.97. The van der Waals surface area contributed by atoms with Crippen LogP contribution >= 0.6 is 0 Å². The molecule has 0 radical (unpaired) electrons. The molecule has 5 nitrogen and oxygen atoms in total. The Morgan fingerprint density at radius 2 is 2.18 bits per heavy atom. The highest BCUT2D eigenvalue weighted by Gasteiger charge is 2.86. The van der Waals surface area contributed by atoms with E-state index in [1.807, 2.05) is 34.6 Å². The fourth-order valence-electron chi connectivity index (χ4n) is 4.39. The summed E-state index contributed by atoms with van der Waals surface area (Å²) in [7, 11) is 0. The highest BCUT2D eigenvalue weighted by Crippen LogP contribution is 2.76. The molecule has 1 saturated heterocycles. The second kappa shape index (κ2) is 4.24. The number of nitriles is 1. The maximum Gasteiger partial charge on any atom is 0.327 e. The fourth-order valence-corrected chi connectivity index (χ4v) is 4.39. The van der Waals surface area contributed by atoms with E-state index in [2.05, 4.69) is 6.07 Å². The number of carbonyl (C=O) groups excluding carboxylic acids is 2. The molecule has 2 aliphatic carbocycles. The van der Waals surface area contributed by atoms with Crippen molar-refractivity contribution in [2.45, 2.75) is 59.7 Å². The van der Waals surface area contributed by atoms with Crippen LogP contribution in [0.1, 0.15) is 47.5 Å². The zero-order chi connectivity index (χ0) is 16.5. The van der Waals surface area contributed by atoms with Crippen LogP contribution < -0.4 is 0 Å². The van der Waals surface area contributed by atoms with Crippen LogP contribution in [0.3, 0.4) is 0 Å². The molecule has 0 spiro atoms. The largest absolute Gasteiger partial charge is 0.458 e. The lowest BCUT2D eigenvalue weighted by molar-refractivity contribution is -0.277. The molecule has 0 aromatic rings. The molecule has 3 aliphatic rings. The van der Waals surface area contributed by atoms with Gasteiger partial charge in [-0.3, -0.25) is 9.59 Å². The molecule has 120 valence electrons. The summed E-state index contributed by atoms with van der Waals surface area (Å²) in [5.74, 6) is -1.03. The van der Waals surface area contributed by atoms with Crippen molar-refractivity contribution in [3.63, 3.8) is 0 Å². The average Bonchev–Trinajstić information content (AvgIpc) is 2.55. The smallest absolute Gasteiger partial charge is 0.327 e. The van der Waals surface area contributed by atoms with E-state index in [-0.39, 0.29) is 28.6 Å². The number of rotatable bonds is 3. The van der Waals surface area contributed by atoms with Crippen LogP contribution in [-0.2, 0) is 19.1 Å². The molecule has 22 heavy (non-hydrogen) atoms. The zero-order valence-electron chi connectivity index (χ0n) is 13.8. The third-order valence-corrected chi connectivity index (χ3v) is 6.31. The lowest BCUT2D eigenvalue weighted by atomic mass is 9.34. The normalized spacial score (nSPS) is 43.1. The maximum absolute atomic E-state index is 12.4. The summed E-state index contributed by atoms with van der Waals surface area (Å²) < 4.78 is 11.1. The maximum atomic E-state index is 12.4. The molecule has 2 saturated carbocycles. The Morgan fingerprint density at radius 1 is 1.55 bits per heavy atom. The van der Waals surface area contributed by atoms with Crippen molar-refractivity contribution in [2.75, 3.05) is 0 Å². The first kappa shape index (κ1) is 15.3. The molecular formula is C17H23NO4. The molecule has 6 atom stereocenters. The Morgan fingerprint density at radius 3 is 2.68 bits per heavy atom. The molecule has 6 unspecified atom stereocenters. The van der Waals surface area contributed by atoms with E-state index in [1.54, 1.807) is 0 Å². The average molecular weight is 305 g/mol. The Balaban J connectivity index is 1.79. The van der Waals surface area contributed by atoms with Crippen LogP contribution in [0.4, 0.5) is 0 Å². The van der Waals surface area contributed by atoms with Gasteiger partial charge in [-0.05, 0) is 18.3 Å². The summed E-state index contributed by atoms with van der Waals surface area (Å²) in [6.07, 6.45) is 0.412. The minimum atomic E-state index is -0.987. The van der Waals surface area contributed by atoms with Crippen molar-refractivity contribution < 1.29 is 19.1 Å². The Hall–Kier alpha value is -1.57. The van der Waals surface area contributed by atoms with Gasteiger partial charge in [0.25, 0.3) is 0 Å². The van der Waals surface area contributed by atoms with Gasteiger partial charge in [-0.25, -0.2) is 0 Å².